The standard InChI is InChI=1S/C13H12N2O4S.C10H12N2O5S.C10H13NO3S.C9H13NO2S.C8H9NO4S/c16-13(15-12-3-1-2-8-14-12)9-19-10-4-6-11(7-5-10)20(17)18;11-9(13)5-12-10(14)6-17-7-1-3-8(4-2-7)18(15)16;12-15(13)10-3-1-9(2-4-10)11-5-7-14-8-6-11;1-10(2)7-8-3-5-9(6-4-8)13(11)12;9-8(10)5-13-6-1-3-7(4-2-6)14(11)12/h1-8H,9H2,(H,17,18)(H,14,15,16);1-4H,5-6H2,(H2,11,13)(H,12,14)(H,15,16);1-4H,5-8H2,(H,12,13);3-6H,7H2,1-2H3,(H,11,12);1-4H,5H2,(H2,9,10)(H,11,12)/p-5. The number of rotatable bonds is 20. The van der Waals surface area contributed by atoms with Crippen LogP contribution in [0.1, 0.15) is 5.56 Å². The van der Waals surface area contributed by atoms with Gasteiger partial charge < -0.3 is 73.6 Å². The van der Waals surface area contributed by atoms with Gasteiger partial charge in [0.15, 0.2) is 19.8 Å². The summed E-state index contributed by atoms with van der Waals surface area (Å²) in [6.07, 6.45) is 1.57. The van der Waals surface area contributed by atoms with Gasteiger partial charge in [0.2, 0.25) is 5.91 Å². The summed E-state index contributed by atoms with van der Waals surface area (Å²) in [6, 6.07) is 35.9. The third kappa shape index (κ3) is 28.1. The molecule has 5 aromatic carbocycles. The lowest BCUT2D eigenvalue weighted by Crippen LogP contribution is -2.36. The Kier molecular flexibility index (Phi) is 30.9. The number of carbonyl (C=O) groups is 4. The topological polar surface area (TPSA) is 401 Å². The van der Waals surface area contributed by atoms with Crippen molar-refractivity contribution in [2.24, 2.45) is 11.5 Å². The molecule has 0 radical (unpaired) electrons. The fourth-order valence-electron chi connectivity index (χ4n) is 5.91. The lowest BCUT2D eigenvalue weighted by Gasteiger charge is -2.28. The van der Waals surface area contributed by atoms with Gasteiger partial charge >= 0.3 is 0 Å². The molecule has 2 heterocycles. The van der Waals surface area contributed by atoms with E-state index < -0.39 is 73.1 Å². The SMILES string of the molecule is CN(C)Cc1ccc(S(=O)[O-])cc1.NC(=O)CNC(=O)COc1ccc(S(=O)[O-])cc1.NC(=O)COc1ccc(S(=O)[O-])cc1.O=C(COc1ccc(S(=O)[O-])cc1)Nc1ccccn1.O=S([O-])c1ccc(N2CCOCC2)cc1. The molecule has 80 heavy (non-hydrogen) atoms. The summed E-state index contributed by atoms with van der Waals surface area (Å²) in [7, 11) is 3.94. The maximum atomic E-state index is 11.6. The first-order valence-electron chi connectivity index (χ1n) is 23.0. The number of ether oxygens (including phenoxy) is 4. The highest BCUT2D eigenvalue weighted by Gasteiger charge is 2.11. The Hall–Kier alpha value is -7.20. The Morgan fingerprint density at radius 3 is 1.30 bits per heavy atom. The maximum absolute atomic E-state index is 11.6. The molecule has 7 rings (SSSR count). The Balaban J connectivity index is 0.000000265. The van der Waals surface area contributed by atoms with Gasteiger partial charge in [-0.3, -0.25) is 40.2 Å². The normalized spacial score (nSPS) is 13.3. The van der Waals surface area contributed by atoms with Crippen molar-refractivity contribution in [3.05, 3.63) is 151 Å². The number of aromatic nitrogens is 1. The number of hydrogen-bond donors (Lipinski definition) is 4. The van der Waals surface area contributed by atoms with E-state index in [1.807, 2.05) is 43.3 Å². The molecule has 432 valence electrons. The molecule has 1 aromatic heterocycles. The van der Waals surface area contributed by atoms with Crippen LogP contribution in [-0.2, 0) is 85.9 Å². The van der Waals surface area contributed by atoms with Crippen LogP contribution in [-0.4, -0.2) is 144 Å². The zero-order chi connectivity index (χ0) is 59.0. The van der Waals surface area contributed by atoms with Crippen molar-refractivity contribution < 1.29 is 81.9 Å². The summed E-state index contributed by atoms with van der Waals surface area (Å²) >= 11 is -11.1. The lowest BCUT2D eigenvalue weighted by atomic mass is 10.2. The molecule has 0 aliphatic carbocycles. The van der Waals surface area contributed by atoms with E-state index in [9.17, 15) is 63.0 Å². The summed E-state index contributed by atoms with van der Waals surface area (Å²) in [5.41, 5.74) is 11.9. The molecule has 4 amide bonds. The Bertz CT molecular complexity index is 2980. The van der Waals surface area contributed by atoms with E-state index in [0.717, 1.165) is 44.1 Å². The predicted octanol–water partition coefficient (Wildman–Crippen LogP) is 1.78. The monoisotopic (exact) mass is 1200 g/mol. The second-order valence-electron chi connectivity index (χ2n) is 15.9. The summed E-state index contributed by atoms with van der Waals surface area (Å²) < 4.78 is 126. The second kappa shape index (κ2) is 36.9. The van der Waals surface area contributed by atoms with Crippen molar-refractivity contribution in [3.63, 3.8) is 0 Å². The lowest BCUT2D eigenvalue weighted by molar-refractivity contribution is -0.126. The first-order chi connectivity index (χ1) is 38.1. The maximum Gasteiger partial charge on any atom is 0.263 e. The summed E-state index contributed by atoms with van der Waals surface area (Å²) in [6.45, 7) is 3.06. The van der Waals surface area contributed by atoms with Gasteiger partial charge in [0, 0.05) is 56.0 Å². The molecule has 6 N–H and O–H groups in total. The molecule has 5 atom stereocenters. The second-order valence-corrected chi connectivity index (χ2v) is 20.6. The van der Waals surface area contributed by atoms with E-state index in [4.69, 9.17) is 30.4 Å². The van der Waals surface area contributed by atoms with Crippen molar-refractivity contribution >= 4 is 90.5 Å². The van der Waals surface area contributed by atoms with Crippen molar-refractivity contribution in [1.82, 2.24) is 15.2 Å². The zero-order valence-corrected chi connectivity index (χ0v) is 46.7. The minimum Gasteiger partial charge on any atom is -0.768 e. The van der Waals surface area contributed by atoms with E-state index in [0.29, 0.717) is 32.9 Å². The molecule has 1 aliphatic heterocycles. The van der Waals surface area contributed by atoms with Gasteiger partial charge in [-0.05, 0) is 196 Å². The minimum atomic E-state index is -2.29. The smallest absolute Gasteiger partial charge is 0.263 e. The number of nitrogens with zero attached hydrogens (tertiary/aromatic N) is 3. The first-order valence-corrected chi connectivity index (χ1v) is 28.3. The van der Waals surface area contributed by atoms with Crippen LogP contribution in [0.15, 0.2) is 170 Å². The molecule has 1 aliphatic rings. The molecule has 0 bridgehead atoms. The number of nitrogens with two attached hydrogens (primary N) is 2. The van der Waals surface area contributed by atoms with E-state index in [1.54, 1.807) is 48.7 Å². The van der Waals surface area contributed by atoms with E-state index in [2.05, 4.69) is 20.5 Å². The first kappa shape index (κ1) is 67.1. The summed E-state index contributed by atoms with van der Waals surface area (Å²) in [5, 5.41) is 4.81. The highest BCUT2D eigenvalue weighted by atomic mass is 32.2. The fraction of sp³-hybridized carbons (Fsp3) is 0.220. The highest BCUT2D eigenvalue weighted by molar-refractivity contribution is 7.80. The third-order valence-corrected chi connectivity index (χ3v) is 12.9. The van der Waals surface area contributed by atoms with Crippen LogP contribution >= 0.6 is 0 Å². The summed E-state index contributed by atoms with van der Waals surface area (Å²) in [5.74, 6) is -0.470. The number of nitrogens with one attached hydrogen (secondary N) is 2. The highest BCUT2D eigenvalue weighted by Crippen LogP contribution is 2.19. The number of benzene rings is 5. The van der Waals surface area contributed by atoms with Crippen LogP contribution in [0.5, 0.6) is 17.2 Å². The fourth-order valence-corrected chi connectivity index (χ4v) is 7.70. The van der Waals surface area contributed by atoms with Crippen LogP contribution in [0.2, 0.25) is 0 Å². The quantitative estimate of drug-likeness (QED) is 0.0791. The number of pyridine rings is 1. The molecular formula is C50H54N7O18S5-5. The Labute approximate surface area is 473 Å². The van der Waals surface area contributed by atoms with Gasteiger partial charge in [-0.1, -0.05) is 18.2 Å². The van der Waals surface area contributed by atoms with Crippen LogP contribution in [0.4, 0.5) is 11.5 Å². The Morgan fingerprint density at radius 2 is 0.938 bits per heavy atom. The van der Waals surface area contributed by atoms with E-state index >= 15 is 0 Å². The van der Waals surface area contributed by atoms with Crippen LogP contribution in [0.25, 0.3) is 0 Å². The van der Waals surface area contributed by atoms with E-state index in [1.165, 1.54) is 72.8 Å². The van der Waals surface area contributed by atoms with Gasteiger partial charge in [-0.15, -0.1) is 0 Å². The van der Waals surface area contributed by atoms with Gasteiger partial charge in [0.1, 0.15) is 23.1 Å². The molecule has 30 heteroatoms. The molecule has 25 nitrogen and oxygen atoms in total. The van der Waals surface area contributed by atoms with Crippen LogP contribution < -0.4 is 41.2 Å². The molecular weight excluding hydrogens is 1150 g/mol. The third-order valence-electron chi connectivity index (χ3n) is 9.58. The molecule has 1 saturated heterocycles. The van der Waals surface area contributed by atoms with Crippen LogP contribution in [0.3, 0.4) is 0 Å². The molecule has 1 fully saturated rings. The number of hydrogen-bond acceptors (Lipinski definition) is 21. The Morgan fingerprint density at radius 1 is 0.550 bits per heavy atom. The number of carbonyl (C=O) groups excluding carboxylic acids is 4. The average molecular weight is 1200 g/mol. The number of primary amides is 2. The largest absolute Gasteiger partial charge is 0.768 e. The molecule has 0 spiro atoms. The van der Waals surface area contributed by atoms with Gasteiger partial charge in [-0.25, -0.2) is 4.98 Å². The predicted molar refractivity (Wildman–Crippen MR) is 289 cm³/mol. The molecule has 5 unspecified atom stereocenters. The van der Waals surface area contributed by atoms with Crippen LogP contribution in [0, 0.1) is 0 Å². The molecule has 6 aromatic rings. The number of morpholine rings is 1. The van der Waals surface area contributed by atoms with Gasteiger partial charge in [0.05, 0.1) is 19.8 Å². The average Bonchev–Trinajstić information content (AvgIpc) is 3.44. The van der Waals surface area contributed by atoms with Crippen molar-refractivity contribution in [3.8, 4) is 17.2 Å². The minimum absolute atomic E-state index is 0.125. The molecule has 0 saturated carbocycles. The summed E-state index contributed by atoms with van der Waals surface area (Å²) in [4.78, 5) is 52.7. The zero-order valence-electron chi connectivity index (χ0n) is 42.6. The van der Waals surface area contributed by atoms with Crippen molar-refractivity contribution in [2.75, 3.05) is 77.0 Å². The number of amides is 4. The van der Waals surface area contributed by atoms with Gasteiger partial charge in [-0.2, -0.15) is 0 Å². The van der Waals surface area contributed by atoms with Crippen molar-refractivity contribution in [2.45, 2.75) is 31.0 Å². The van der Waals surface area contributed by atoms with E-state index in [-0.39, 0.29) is 47.0 Å². The number of anilines is 2. The van der Waals surface area contributed by atoms with Gasteiger partial charge in [0.25, 0.3) is 17.7 Å². The van der Waals surface area contributed by atoms with Crippen molar-refractivity contribution in [1.29, 1.82) is 0 Å².